The Hall–Kier alpha value is -0.0400. The van der Waals surface area contributed by atoms with Crippen molar-refractivity contribution in [2.24, 2.45) is 11.8 Å². The Morgan fingerprint density at radius 1 is 1.21 bits per heavy atom. The van der Waals surface area contributed by atoms with Gasteiger partial charge >= 0.3 is 0 Å². The van der Waals surface area contributed by atoms with Crippen LogP contribution in [0.15, 0.2) is 0 Å². The van der Waals surface area contributed by atoms with Gasteiger partial charge in [0.15, 0.2) is 0 Å². The van der Waals surface area contributed by atoms with Gasteiger partial charge in [-0.1, -0.05) is 47.0 Å². The lowest BCUT2D eigenvalue weighted by molar-refractivity contribution is 0.258. The molecule has 1 unspecified atom stereocenters. The second kappa shape index (κ2) is 8.28. The van der Waals surface area contributed by atoms with Crippen LogP contribution in [0.2, 0.25) is 0 Å². The van der Waals surface area contributed by atoms with Gasteiger partial charge in [0, 0.05) is 0 Å². The van der Waals surface area contributed by atoms with E-state index in [-0.39, 0.29) is 7.43 Å². The van der Waals surface area contributed by atoms with Crippen LogP contribution in [0.5, 0.6) is 0 Å². The molecule has 1 N–H and O–H groups in total. The molecule has 0 aromatic heterocycles. The lowest BCUT2D eigenvalue weighted by Crippen LogP contribution is -2.30. The highest BCUT2D eigenvalue weighted by Gasteiger charge is 2.18. The molecule has 0 bridgehead atoms. The van der Waals surface area contributed by atoms with Crippen molar-refractivity contribution in [3.05, 3.63) is 0 Å². The first-order chi connectivity index (χ1) is 6.34. The van der Waals surface area contributed by atoms with Crippen molar-refractivity contribution in [3.8, 4) is 0 Å². The van der Waals surface area contributed by atoms with Crippen molar-refractivity contribution in [1.82, 2.24) is 5.32 Å². The van der Waals surface area contributed by atoms with Crippen LogP contribution in [0.1, 0.15) is 59.8 Å². The maximum absolute atomic E-state index is 3.44. The molecule has 0 spiro atoms. The van der Waals surface area contributed by atoms with Crippen LogP contribution in [0, 0.1) is 11.8 Å². The average Bonchev–Trinajstić information content (AvgIpc) is 2.19. The van der Waals surface area contributed by atoms with Gasteiger partial charge in [0.05, 0.1) is 0 Å². The third-order valence-electron chi connectivity index (χ3n) is 3.45. The van der Waals surface area contributed by atoms with Crippen LogP contribution >= 0.6 is 0 Å². The first-order valence-electron chi connectivity index (χ1n) is 6.05. The smallest absolute Gasteiger partial charge is 0.00462 e. The minimum absolute atomic E-state index is 0. The van der Waals surface area contributed by atoms with Crippen molar-refractivity contribution in [1.29, 1.82) is 0 Å². The normalized spacial score (nSPS) is 20.1. The Morgan fingerprint density at radius 2 is 1.86 bits per heavy atom. The van der Waals surface area contributed by atoms with Crippen LogP contribution in [-0.2, 0) is 0 Å². The molecule has 1 atom stereocenters. The number of piperidine rings is 1. The summed E-state index contributed by atoms with van der Waals surface area (Å²) in [5.74, 6) is 1.98. The number of nitrogens with one attached hydrogen (secondary N) is 1. The van der Waals surface area contributed by atoms with E-state index in [0.717, 1.165) is 11.8 Å². The second-order valence-electron chi connectivity index (χ2n) is 4.56. The summed E-state index contributed by atoms with van der Waals surface area (Å²) in [5, 5.41) is 3.44. The van der Waals surface area contributed by atoms with E-state index in [1.165, 1.54) is 51.6 Å². The highest BCUT2D eigenvalue weighted by molar-refractivity contribution is 4.73. The van der Waals surface area contributed by atoms with E-state index in [4.69, 9.17) is 0 Å². The van der Waals surface area contributed by atoms with Crippen molar-refractivity contribution in [2.45, 2.75) is 59.8 Å². The zero-order valence-corrected chi connectivity index (χ0v) is 9.31. The van der Waals surface area contributed by atoms with Crippen LogP contribution in [0.3, 0.4) is 0 Å². The van der Waals surface area contributed by atoms with Gasteiger partial charge in [0.25, 0.3) is 0 Å². The lowest BCUT2D eigenvalue weighted by Gasteiger charge is -2.28. The zero-order valence-electron chi connectivity index (χ0n) is 9.31. The molecule has 0 saturated carbocycles. The molecule has 14 heavy (non-hydrogen) atoms. The van der Waals surface area contributed by atoms with Crippen molar-refractivity contribution >= 4 is 0 Å². The molecule has 0 aliphatic carbocycles. The summed E-state index contributed by atoms with van der Waals surface area (Å²) in [5.41, 5.74) is 0. The Bertz CT molecular complexity index is 116. The van der Waals surface area contributed by atoms with Gasteiger partial charge in [-0.15, -0.1) is 0 Å². The predicted octanol–water partition coefficient (Wildman–Crippen LogP) is 3.84. The first kappa shape index (κ1) is 14.0. The summed E-state index contributed by atoms with van der Waals surface area (Å²) in [6.07, 6.45) is 8.51. The fourth-order valence-electron chi connectivity index (χ4n) is 2.37. The lowest BCUT2D eigenvalue weighted by atomic mass is 9.83. The molecule has 0 amide bonds. The summed E-state index contributed by atoms with van der Waals surface area (Å²) in [7, 11) is 0. The fourth-order valence-corrected chi connectivity index (χ4v) is 2.37. The van der Waals surface area contributed by atoms with Crippen LogP contribution in [0.25, 0.3) is 0 Å². The maximum Gasteiger partial charge on any atom is -0.00462 e. The standard InChI is InChI=1S/C12H25N.CH4/c1-3-4-5-6-11(2)12-7-9-13-10-8-12;/h11-13H,3-10H2,1-2H3;1H4. The number of hydrogen-bond acceptors (Lipinski definition) is 1. The minimum Gasteiger partial charge on any atom is -0.317 e. The summed E-state index contributed by atoms with van der Waals surface area (Å²) >= 11 is 0. The fraction of sp³-hybridized carbons (Fsp3) is 1.00. The van der Waals surface area contributed by atoms with Gasteiger partial charge in [-0.3, -0.25) is 0 Å². The van der Waals surface area contributed by atoms with Gasteiger partial charge in [-0.2, -0.15) is 0 Å². The van der Waals surface area contributed by atoms with Gasteiger partial charge in [0.1, 0.15) is 0 Å². The first-order valence-corrected chi connectivity index (χ1v) is 6.05. The third kappa shape index (κ3) is 4.99. The van der Waals surface area contributed by atoms with Crippen LogP contribution in [0.4, 0.5) is 0 Å². The largest absolute Gasteiger partial charge is 0.317 e. The molecule has 1 fully saturated rings. The van der Waals surface area contributed by atoms with Gasteiger partial charge in [-0.05, 0) is 37.8 Å². The predicted molar refractivity (Wildman–Crippen MR) is 65.6 cm³/mol. The molecule has 0 radical (unpaired) electrons. The topological polar surface area (TPSA) is 12.0 Å². The second-order valence-corrected chi connectivity index (χ2v) is 4.56. The Kier molecular flexibility index (Phi) is 8.26. The van der Waals surface area contributed by atoms with Gasteiger partial charge in [0.2, 0.25) is 0 Å². The Balaban J connectivity index is 0.00000169. The molecule has 1 heteroatoms. The molecule has 1 rings (SSSR count). The molecule has 1 nitrogen and oxygen atoms in total. The summed E-state index contributed by atoms with van der Waals surface area (Å²) in [6.45, 7) is 7.24. The van der Waals surface area contributed by atoms with Crippen molar-refractivity contribution in [3.63, 3.8) is 0 Å². The van der Waals surface area contributed by atoms with Crippen molar-refractivity contribution in [2.75, 3.05) is 13.1 Å². The number of unbranched alkanes of at least 4 members (excludes halogenated alkanes) is 2. The molecule has 86 valence electrons. The number of hydrogen-bond donors (Lipinski definition) is 1. The van der Waals surface area contributed by atoms with E-state index in [2.05, 4.69) is 19.2 Å². The highest BCUT2D eigenvalue weighted by Crippen LogP contribution is 2.25. The van der Waals surface area contributed by atoms with Gasteiger partial charge in [-0.25, -0.2) is 0 Å². The molecule has 1 aliphatic rings. The van der Waals surface area contributed by atoms with E-state index in [9.17, 15) is 0 Å². The zero-order chi connectivity index (χ0) is 9.52. The summed E-state index contributed by atoms with van der Waals surface area (Å²) < 4.78 is 0. The molecule has 1 aliphatic heterocycles. The number of rotatable bonds is 5. The van der Waals surface area contributed by atoms with E-state index in [0.29, 0.717) is 0 Å². The third-order valence-corrected chi connectivity index (χ3v) is 3.45. The van der Waals surface area contributed by atoms with Crippen molar-refractivity contribution < 1.29 is 0 Å². The Morgan fingerprint density at radius 3 is 2.43 bits per heavy atom. The quantitative estimate of drug-likeness (QED) is 0.663. The molecule has 0 aromatic carbocycles. The summed E-state index contributed by atoms with van der Waals surface area (Å²) in [4.78, 5) is 0. The molecule has 0 aromatic rings. The minimum atomic E-state index is 0. The SMILES string of the molecule is C.CCCCCC(C)C1CCNCC1. The Labute approximate surface area is 90.7 Å². The van der Waals surface area contributed by atoms with Crippen LogP contribution in [-0.4, -0.2) is 13.1 Å². The van der Waals surface area contributed by atoms with E-state index < -0.39 is 0 Å². The monoisotopic (exact) mass is 199 g/mol. The highest BCUT2D eigenvalue weighted by atomic mass is 14.9. The van der Waals surface area contributed by atoms with E-state index >= 15 is 0 Å². The average molecular weight is 199 g/mol. The molecule has 1 saturated heterocycles. The molecular formula is C13H29N. The summed E-state index contributed by atoms with van der Waals surface area (Å²) in [6, 6.07) is 0. The maximum atomic E-state index is 3.44. The van der Waals surface area contributed by atoms with Crippen LogP contribution < -0.4 is 5.32 Å². The molecule has 1 heterocycles. The molecular weight excluding hydrogens is 170 g/mol. The van der Waals surface area contributed by atoms with E-state index in [1.807, 2.05) is 0 Å². The van der Waals surface area contributed by atoms with E-state index in [1.54, 1.807) is 0 Å². The van der Waals surface area contributed by atoms with Gasteiger partial charge < -0.3 is 5.32 Å².